The maximum atomic E-state index is 12.2. The lowest BCUT2D eigenvalue weighted by molar-refractivity contribution is -0.114. The predicted molar refractivity (Wildman–Crippen MR) is 113 cm³/mol. The molecule has 0 bridgehead atoms. The van der Waals surface area contributed by atoms with Crippen molar-refractivity contribution in [3.8, 4) is 6.07 Å². The van der Waals surface area contributed by atoms with Gasteiger partial charge in [0.2, 0.25) is 0 Å². The molecule has 2 aromatic carbocycles. The first-order chi connectivity index (χ1) is 14.5. The van der Waals surface area contributed by atoms with Crippen LogP contribution in [0, 0.1) is 11.3 Å². The number of methoxy groups -OCH3 is 1. The fourth-order valence-corrected chi connectivity index (χ4v) is 2.82. The summed E-state index contributed by atoms with van der Waals surface area (Å²) in [6.45, 7) is 0.152. The van der Waals surface area contributed by atoms with Crippen molar-refractivity contribution in [2.45, 2.75) is 6.61 Å². The highest BCUT2D eigenvalue weighted by molar-refractivity contribution is 6.46. The van der Waals surface area contributed by atoms with Crippen molar-refractivity contribution >= 4 is 28.9 Å². The minimum Gasteiger partial charge on any atom is -0.398 e. The zero-order valence-corrected chi connectivity index (χ0v) is 17.6. The van der Waals surface area contributed by atoms with Gasteiger partial charge in [0.05, 0.1) is 18.2 Å². The molecule has 0 unspecified atom stereocenters. The molecule has 0 radical (unpaired) electrons. The molecule has 8 nitrogen and oxygen atoms in total. The van der Waals surface area contributed by atoms with E-state index in [0.717, 1.165) is 0 Å². The van der Waals surface area contributed by atoms with Crippen molar-refractivity contribution in [1.29, 1.82) is 5.26 Å². The van der Waals surface area contributed by atoms with E-state index in [1.807, 2.05) is 0 Å². The van der Waals surface area contributed by atoms with Crippen molar-refractivity contribution in [1.82, 2.24) is 5.32 Å². The molecule has 2 aromatic rings. The third kappa shape index (κ3) is 5.80. The van der Waals surface area contributed by atoms with Crippen LogP contribution < -0.4 is 5.32 Å². The van der Waals surface area contributed by atoms with Gasteiger partial charge in [0.1, 0.15) is 19.4 Å². The van der Waals surface area contributed by atoms with Crippen LogP contribution in [0.25, 0.3) is 0 Å². The highest BCUT2D eigenvalue weighted by Gasteiger charge is 2.20. The van der Waals surface area contributed by atoms with Crippen LogP contribution >= 0.6 is 11.6 Å². The van der Waals surface area contributed by atoms with E-state index in [1.54, 1.807) is 42.5 Å². The fraction of sp³-hybridized carbons (Fsp3) is 0.238. The van der Waals surface area contributed by atoms with Crippen LogP contribution in [0.3, 0.4) is 0 Å². The van der Waals surface area contributed by atoms with E-state index < -0.39 is 5.91 Å². The SMILES string of the molecule is CNC(=O)/C(=N/OC)c1cccc(Cl)c1CO/N=C(\COC)c1cccc(C#N)c1. The van der Waals surface area contributed by atoms with Crippen LogP contribution in [0.2, 0.25) is 5.02 Å². The number of carbonyl (C=O) groups excluding carboxylic acids is 1. The smallest absolute Gasteiger partial charge is 0.273 e. The van der Waals surface area contributed by atoms with Crippen LogP contribution in [0.5, 0.6) is 0 Å². The van der Waals surface area contributed by atoms with Gasteiger partial charge >= 0.3 is 0 Å². The quantitative estimate of drug-likeness (QED) is 0.488. The van der Waals surface area contributed by atoms with Gasteiger partial charge in [-0.2, -0.15) is 5.26 Å². The molecule has 0 atom stereocenters. The summed E-state index contributed by atoms with van der Waals surface area (Å²) in [5.41, 5.74) is 2.73. The molecule has 2 rings (SSSR count). The van der Waals surface area contributed by atoms with Gasteiger partial charge < -0.3 is 19.7 Å². The minimum atomic E-state index is -0.433. The number of nitriles is 1. The molecule has 0 spiro atoms. The Kier molecular flexibility index (Phi) is 8.81. The first-order valence-electron chi connectivity index (χ1n) is 8.85. The van der Waals surface area contributed by atoms with Crippen molar-refractivity contribution in [3.05, 3.63) is 69.7 Å². The molecule has 0 saturated heterocycles. The zero-order valence-electron chi connectivity index (χ0n) is 16.8. The number of amides is 1. The Labute approximate surface area is 179 Å². The first kappa shape index (κ1) is 22.9. The summed E-state index contributed by atoms with van der Waals surface area (Å²) in [5.74, 6) is -0.433. The Morgan fingerprint density at radius 2 is 1.97 bits per heavy atom. The second kappa shape index (κ2) is 11.6. The summed E-state index contributed by atoms with van der Waals surface area (Å²) in [4.78, 5) is 22.5. The van der Waals surface area contributed by atoms with E-state index >= 15 is 0 Å². The summed E-state index contributed by atoms with van der Waals surface area (Å²) >= 11 is 6.34. The zero-order chi connectivity index (χ0) is 21.9. The van der Waals surface area contributed by atoms with Gasteiger partial charge in [-0.3, -0.25) is 4.79 Å². The van der Waals surface area contributed by atoms with Crippen molar-refractivity contribution in [2.75, 3.05) is 27.9 Å². The van der Waals surface area contributed by atoms with Gasteiger partial charge in [0.15, 0.2) is 5.71 Å². The molecule has 1 amide bonds. The number of likely N-dealkylation sites (N-methyl/N-ethyl adjacent to an activating group) is 1. The second-order valence-corrected chi connectivity index (χ2v) is 6.31. The van der Waals surface area contributed by atoms with Gasteiger partial charge in [-0.25, -0.2) is 0 Å². The third-order valence-electron chi connectivity index (χ3n) is 3.99. The summed E-state index contributed by atoms with van der Waals surface area (Å²) in [5, 5.41) is 20.0. The number of rotatable bonds is 9. The third-order valence-corrected chi connectivity index (χ3v) is 4.34. The Bertz CT molecular complexity index is 999. The molecule has 0 saturated carbocycles. The normalized spacial score (nSPS) is 11.6. The number of nitrogens with one attached hydrogen (secondary N) is 1. The van der Waals surface area contributed by atoms with E-state index in [-0.39, 0.29) is 18.9 Å². The predicted octanol–water partition coefficient (Wildman–Crippen LogP) is 2.88. The number of halogens is 1. The number of carbonyl (C=O) groups is 1. The molecule has 9 heteroatoms. The van der Waals surface area contributed by atoms with Crippen LogP contribution in [-0.2, 0) is 25.8 Å². The molecule has 0 aliphatic heterocycles. The largest absolute Gasteiger partial charge is 0.398 e. The van der Waals surface area contributed by atoms with E-state index in [9.17, 15) is 4.79 Å². The van der Waals surface area contributed by atoms with Gasteiger partial charge in [-0.05, 0) is 18.2 Å². The highest BCUT2D eigenvalue weighted by Crippen LogP contribution is 2.22. The van der Waals surface area contributed by atoms with Crippen LogP contribution in [0.1, 0.15) is 22.3 Å². The Hall–Kier alpha value is -3.41. The lowest BCUT2D eigenvalue weighted by Gasteiger charge is -2.12. The topological polar surface area (TPSA) is 105 Å². The molecule has 0 heterocycles. The van der Waals surface area contributed by atoms with Crippen LogP contribution in [-0.4, -0.2) is 45.2 Å². The Morgan fingerprint density at radius 3 is 2.63 bits per heavy atom. The first-order valence-corrected chi connectivity index (χ1v) is 9.22. The lowest BCUT2D eigenvalue weighted by atomic mass is 10.0. The lowest BCUT2D eigenvalue weighted by Crippen LogP contribution is -2.29. The van der Waals surface area contributed by atoms with Gasteiger partial charge in [-0.15, -0.1) is 0 Å². The molecular weight excluding hydrogens is 408 g/mol. The fourth-order valence-electron chi connectivity index (χ4n) is 2.59. The molecule has 156 valence electrons. The van der Waals surface area contributed by atoms with E-state index in [1.165, 1.54) is 21.3 Å². The minimum absolute atomic E-state index is 0.0279. The number of benzene rings is 2. The average molecular weight is 429 g/mol. The number of hydrogen-bond donors (Lipinski definition) is 1. The summed E-state index contributed by atoms with van der Waals surface area (Å²) in [6.07, 6.45) is 0. The molecule has 30 heavy (non-hydrogen) atoms. The van der Waals surface area contributed by atoms with Crippen molar-refractivity contribution in [2.24, 2.45) is 10.3 Å². The van der Waals surface area contributed by atoms with Gasteiger partial charge in [-0.1, -0.05) is 46.2 Å². The maximum Gasteiger partial charge on any atom is 0.273 e. The standard InChI is InChI=1S/C21H21ClN4O4/c1-24-21(27)20(26-29-3)16-8-5-9-18(22)17(16)12-30-25-19(13-28-2)15-7-4-6-14(10-15)11-23/h4-10H,12-13H2,1-3H3,(H,24,27)/b25-19+,26-20+. The summed E-state index contributed by atoms with van der Waals surface area (Å²) in [7, 11) is 4.37. The van der Waals surface area contributed by atoms with E-state index in [4.69, 9.17) is 31.3 Å². The average Bonchev–Trinajstić information content (AvgIpc) is 2.77. The molecule has 1 N–H and O–H groups in total. The molecule has 0 aliphatic rings. The van der Waals surface area contributed by atoms with Crippen molar-refractivity contribution < 1.29 is 19.2 Å². The van der Waals surface area contributed by atoms with Crippen LogP contribution in [0.15, 0.2) is 52.8 Å². The van der Waals surface area contributed by atoms with Crippen molar-refractivity contribution in [3.63, 3.8) is 0 Å². The monoisotopic (exact) mass is 428 g/mol. The van der Waals surface area contributed by atoms with E-state index in [0.29, 0.717) is 33.0 Å². The highest BCUT2D eigenvalue weighted by atomic mass is 35.5. The number of hydrogen-bond acceptors (Lipinski definition) is 7. The number of nitrogens with zero attached hydrogens (tertiary/aromatic N) is 3. The van der Waals surface area contributed by atoms with Gasteiger partial charge in [0, 0.05) is 35.9 Å². The Morgan fingerprint density at radius 1 is 1.20 bits per heavy atom. The summed E-state index contributed by atoms with van der Waals surface area (Å²) < 4.78 is 5.19. The molecule has 0 aliphatic carbocycles. The molecule has 0 aromatic heterocycles. The Balaban J connectivity index is 2.34. The summed E-state index contributed by atoms with van der Waals surface area (Å²) in [6, 6.07) is 14.1. The second-order valence-electron chi connectivity index (χ2n) is 5.90. The number of ether oxygens (including phenoxy) is 1. The van der Waals surface area contributed by atoms with Gasteiger partial charge in [0.25, 0.3) is 5.91 Å². The van der Waals surface area contributed by atoms with Crippen LogP contribution in [0.4, 0.5) is 0 Å². The molecule has 0 fully saturated rings. The molecular formula is C21H21ClN4O4. The maximum absolute atomic E-state index is 12.2. The number of oxime groups is 2. The van der Waals surface area contributed by atoms with E-state index in [2.05, 4.69) is 21.7 Å².